The van der Waals surface area contributed by atoms with E-state index in [-0.39, 0.29) is 13.0 Å². The highest BCUT2D eigenvalue weighted by Gasteiger charge is 2.79. The fraction of sp³-hybridized carbons (Fsp3) is 0.778. The van der Waals surface area contributed by atoms with Gasteiger partial charge in [0.2, 0.25) is 0 Å². The number of halogens is 4. The first-order chi connectivity index (χ1) is 7.71. The molecule has 96 valence electrons. The van der Waals surface area contributed by atoms with Gasteiger partial charge in [0.25, 0.3) is 0 Å². The quantitative estimate of drug-likeness (QED) is 0.546. The third-order valence-electron chi connectivity index (χ3n) is 3.27. The number of ether oxygens (including phenoxy) is 2. The van der Waals surface area contributed by atoms with E-state index >= 15 is 0 Å². The molecule has 2 aliphatic rings. The van der Waals surface area contributed by atoms with Crippen LogP contribution in [-0.2, 0) is 19.1 Å². The molecule has 0 amide bonds. The molecule has 1 saturated heterocycles. The minimum atomic E-state index is -1.99. The molecule has 0 bridgehead atoms. The summed E-state index contributed by atoms with van der Waals surface area (Å²) in [4.78, 5) is 19.9. The Hall–Kier alpha value is 0.1000. The Morgan fingerprint density at radius 2 is 2.00 bits per heavy atom. The van der Waals surface area contributed by atoms with Gasteiger partial charge in [0.1, 0.15) is 0 Å². The molecule has 4 nitrogen and oxygen atoms in total. The zero-order valence-electron chi connectivity index (χ0n) is 8.64. The molecule has 17 heavy (non-hydrogen) atoms. The van der Waals surface area contributed by atoms with E-state index in [0.29, 0.717) is 0 Å². The summed E-state index contributed by atoms with van der Waals surface area (Å²) in [5, 5.41) is 0. The number of cyclic esters (lactones) is 1. The van der Waals surface area contributed by atoms with Gasteiger partial charge in [0.15, 0.2) is 14.1 Å². The number of carbonyl (C=O) groups is 2. The van der Waals surface area contributed by atoms with Crippen LogP contribution in [0.3, 0.4) is 0 Å². The third-order valence-corrected chi connectivity index (χ3v) is 6.23. The normalized spacial score (nSPS) is 43.1. The zero-order chi connectivity index (χ0) is 13.1. The molecule has 2 rings (SSSR count). The van der Waals surface area contributed by atoms with Crippen LogP contribution >= 0.6 is 46.4 Å². The van der Waals surface area contributed by atoms with Crippen LogP contribution in [0.5, 0.6) is 0 Å². The van der Waals surface area contributed by atoms with Gasteiger partial charge in [-0.05, 0) is 6.42 Å². The van der Waals surface area contributed by atoms with Crippen LogP contribution in [0.15, 0.2) is 0 Å². The molecule has 1 aliphatic heterocycles. The Labute approximate surface area is 117 Å². The first-order valence-corrected chi connectivity index (χ1v) is 6.24. The van der Waals surface area contributed by atoms with E-state index in [1.54, 1.807) is 0 Å². The standard InChI is InChI=1S/C9H8Cl4O4/c1-16-5(14)7(10)2-4-3-17-6(15)8(4,11)9(7,12)13/h4H,2-3H2,1H3/t4-,7-,8+/m1/s1. The van der Waals surface area contributed by atoms with Crippen molar-refractivity contribution in [1.29, 1.82) is 0 Å². The van der Waals surface area contributed by atoms with Gasteiger partial charge in [-0.3, -0.25) is 9.59 Å². The second-order valence-electron chi connectivity index (χ2n) is 4.08. The van der Waals surface area contributed by atoms with E-state index in [1.807, 2.05) is 0 Å². The summed E-state index contributed by atoms with van der Waals surface area (Å²) in [6.45, 7) is 0.0367. The molecular weight excluding hydrogens is 314 g/mol. The van der Waals surface area contributed by atoms with Crippen molar-refractivity contribution in [3.8, 4) is 0 Å². The average Bonchev–Trinajstić information content (AvgIpc) is 2.63. The zero-order valence-corrected chi connectivity index (χ0v) is 11.7. The number of rotatable bonds is 1. The summed E-state index contributed by atoms with van der Waals surface area (Å²) in [6.07, 6.45) is 0.0173. The SMILES string of the molecule is COC(=O)[C@]1(Cl)C[C@@H]2COC(=O)[C@]2(Cl)C1(Cl)Cl. The maximum atomic E-state index is 11.7. The van der Waals surface area contributed by atoms with Crippen molar-refractivity contribution in [2.75, 3.05) is 13.7 Å². The van der Waals surface area contributed by atoms with Gasteiger partial charge in [-0.1, -0.05) is 23.2 Å². The Morgan fingerprint density at radius 1 is 1.41 bits per heavy atom. The van der Waals surface area contributed by atoms with Crippen LogP contribution in [0.25, 0.3) is 0 Å². The number of methoxy groups -OCH3 is 1. The maximum Gasteiger partial charge on any atom is 0.330 e. The molecule has 0 radical (unpaired) electrons. The van der Waals surface area contributed by atoms with Gasteiger partial charge in [-0.2, -0.15) is 0 Å². The fourth-order valence-corrected chi connectivity index (χ4v) is 3.86. The van der Waals surface area contributed by atoms with Gasteiger partial charge < -0.3 is 9.47 Å². The molecule has 0 unspecified atom stereocenters. The molecule has 2 fully saturated rings. The Bertz CT molecular complexity index is 398. The van der Waals surface area contributed by atoms with Crippen molar-refractivity contribution in [2.24, 2.45) is 5.92 Å². The van der Waals surface area contributed by atoms with Gasteiger partial charge in [-0.15, -0.1) is 23.2 Å². The monoisotopic (exact) mass is 320 g/mol. The minimum Gasteiger partial charge on any atom is -0.468 e. The summed E-state index contributed by atoms with van der Waals surface area (Å²) >= 11 is 24.5. The summed E-state index contributed by atoms with van der Waals surface area (Å²) in [7, 11) is 1.16. The number of hydrogen-bond donors (Lipinski definition) is 0. The van der Waals surface area contributed by atoms with Crippen molar-refractivity contribution in [1.82, 2.24) is 0 Å². The molecule has 3 atom stereocenters. The highest BCUT2D eigenvalue weighted by molar-refractivity contribution is 6.63. The van der Waals surface area contributed by atoms with E-state index in [2.05, 4.69) is 4.74 Å². The van der Waals surface area contributed by atoms with Gasteiger partial charge in [-0.25, -0.2) is 0 Å². The summed E-state index contributed by atoms with van der Waals surface area (Å²) in [6, 6.07) is 0. The van der Waals surface area contributed by atoms with Crippen molar-refractivity contribution in [3.63, 3.8) is 0 Å². The number of esters is 2. The lowest BCUT2D eigenvalue weighted by molar-refractivity contribution is -0.145. The average molecular weight is 322 g/mol. The molecule has 1 heterocycles. The van der Waals surface area contributed by atoms with Crippen LogP contribution in [0, 0.1) is 5.92 Å². The van der Waals surface area contributed by atoms with Crippen molar-refractivity contribution >= 4 is 58.3 Å². The van der Waals surface area contributed by atoms with Crippen molar-refractivity contribution in [2.45, 2.75) is 20.5 Å². The topological polar surface area (TPSA) is 52.6 Å². The van der Waals surface area contributed by atoms with Crippen LogP contribution in [-0.4, -0.2) is 39.7 Å². The first-order valence-electron chi connectivity index (χ1n) is 4.73. The minimum absolute atomic E-state index is 0.0173. The molecular formula is C9H8Cl4O4. The lowest BCUT2D eigenvalue weighted by Crippen LogP contribution is -2.56. The second kappa shape index (κ2) is 3.80. The summed E-state index contributed by atoms with van der Waals surface area (Å²) in [5.41, 5.74) is 0. The van der Waals surface area contributed by atoms with Crippen LogP contribution < -0.4 is 0 Å². The number of carbonyl (C=O) groups excluding carboxylic acids is 2. The van der Waals surface area contributed by atoms with Crippen LogP contribution in [0.4, 0.5) is 0 Å². The smallest absolute Gasteiger partial charge is 0.330 e. The molecule has 8 heteroatoms. The molecule has 0 aromatic carbocycles. The van der Waals surface area contributed by atoms with E-state index in [0.717, 1.165) is 7.11 Å². The molecule has 1 aliphatic carbocycles. The van der Waals surface area contributed by atoms with Gasteiger partial charge >= 0.3 is 11.9 Å². The van der Waals surface area contributed by atoms with E-state index in [4.69, 9.17) is 51.1 Å². The summed E-state index contributed by atoms with van der Waals surface area (Å²) in [5.74, 6) is -2.10. The highest BCUT2D eigenvalue weighted by atomic mass is 35.5. The van der Waals surface area contributed by atoms with Crippen molar-refractivity contribution in [3.05, 3.63) is 0 Å². The molecule has 0 aromatic rings. The van der Waals surface area contributed by atoms with Crippen LogP contribution in [0.2, 0.25) is 0 Å². The largest absolute Gasteiger partial charge is 0.468 e. The lowest BCUT2D eigenvalue weighted by Gasteiger charge is -2.34. The van der Waals surface area contributed by atoms with E-state index in [9.17, 15) is 9.59 Å². The van der Waals surface area contributed by atoms with Gasteiger partial charge in [0.05, 0.1) is 13.7 Å². The predicted octanol–water partition coefficient (Wildman–Crippen LogP) is 1.87. The Kier molecular flexibility index (Phi) is 3.02. The number of alkyl halides is 4. The number of fused-ring (bicyclic) bond motifs is 1. The molecule has 0 spiro atoms. The maximum absolute atomic E-state index is 11.7. The Balaban J connectivity index is 2.51. The highest BCUT2D eigenvalue weighted by Crippen LogP contribution is 2.65. The first kappa shape index (κ1) is 13.5. The molecule has 1 saturated carbocycles. The fourth-order valence-electron chi connectivity index (χ4n) is 2.28. The van der Waals surface area contributed by atoms with Crippen LogP contribution in [0.1, 0.15) is 6.42 Å². The lowest BCUT2D eigenvalue weighted by atomic mass is 9.98. The Morgan fingerprint density at radius 3 is 2.47 bits per heavy atom. The van der Waals surface area contributed by atoms with Gasteiger partial charge in [0, 0.05) is 5.92 Å². The second-order valence-corrected chi connectivity index (χ2v) is 6.65. The third kappa shape index (κ3) is 1.38. The molecule has 0 aromatic heterocycles. The summed E-state index contributed by atoms with van der Waals surface area (Å²) < 4.78 is 7.39. The van der Waals surface area contributed by atoms with E-state index in [1.165, 1.54) is 0 Å². The van der Waals surface area contributed by atoms with Crippen molar-refractivity contribution < 1.29 is 19.1 Å². The van der Waals surface area contributed by atoms with E-state index < -0.39 is 31.9 Å². The molecule has 0 N–H and O–H groups in total. The predicted molar refractivity (Wildman–Crippen MR) is 62.7 cm³/mol. The number of hydrogen-bond acceptors (Lipinski definition) is 4.